The van der Waals surface area contributed by atoms with Gasteiger partial charge in [-0.05, 0) is 42.8 Å². The lowest BCUT2D eigenvalue weighted by Crippen LogP contribution is -2.24. The van der Waals surface area contributed by atoms with E-state index in [0.29, 0.717) is 6.54 Å². The van der Waals surface area contributed by atoms with Crippen molar-refractivity contribution in [2.24, 2.45) is 0 Å². The van der Waals surface area contributed by atoms with Crippen LogP contribution in [0.4, 0.5) is 0 Å². The Balaban J connectivity index is 1.62. The van der Waals surface area contributed by atoms with E-state index in [4.69, 9.17) is 4.74 Å². The summed E-state index contributed by atoms with van der Waals surface area (Å²) in [6.07, 6.45) is -0.593. The molecule has 3 aromatic rings. The molecule has 0 bridgehead atoms. The fraction of sp³-hybridized carbons (Fsp3) is 0.278. The van der Waals surface area contributed by atoms with Gasteiger partial charge in [-0.2, -0.15) is 5.10 Å². The lowest BCUT2D eigenvalue weighted by Gasteiger charge is -2.14. The number of aromatic nitrogens is 2. The summed E-state index contributed by atoms with van der Waals surface area (Å²) in [5.74, 6) is 0.770. The largest absolute Gasteiger partial charge is 0.491 e. The predicted octanol–water partition coefficient (Wildman–Crippen LogP) is 3.09. The SMILES string of the molecule is Cc1cc(C)n(C[C@H](O)COc2ccc3ccccc3c2)n1. The van der Waals surface area contributed by atoms with Gasteiger partial charge in [-0.3, -0.25) is 4.68 Å². The first-order valence-electron chi connectivity index (χ1n) is 7.42. The molecule has 4 heteroatoms. The Morgan fingerprint density at radius 2 is 1.86 bits per heavy atom. The number of nitrogens with zero attached hydrogens (tertiary/aromatic N) is 2. The minimum absolute atomic E-state index is 0.247. The average Bonchev–Trinajstić information content (AvgIpc) is 2.82. The van der Waals surface area contributed by atoms with Gasteiger partial charge < -0.3 is 9.84 Å². The van der Waals surface area contributed by atoms with Crippen molar-refractivity contribution in [2.45, 2.75) is 26.5 Å². The number of aliphatic hydroxyl groups excluding tert-OH is 1. The van der Waals surface area contributed by atoms with Crippen LogP contribution in [-0.2, 0) is 6.54 Å². The summed E-state index contributed by atoms with van der Waals surface area (Å²) in [6, 6.07) is 16.1. The van der Waals surface area contributed by atoms with Gasteiger partial charge in [0.15, 0.2) is 0 Å². The smallest absolute Gasteiger partial charge is 0.120 e. The molecule has 3 rings (SSSR count). The Morgan fingerprint density at radius 1 is 1.09 bits per heavy atom. The zero-order valence-corrected chi connectivity index (χ0v) is 12.9. The molecule has 0 saturated carbocycles. The first-order valence-corrected chi connectivity index (χ1v) is 7.42. The molecule has 0 aliphatic carbocycles. The molecule has 114 valence electrons. The Morgan fingerprint density at radius 3 is 2.59 bits per heavy atom. The number of ether oxygens (including phenoxy) is 1. The van der Waals surface area contributed by atoms with Crippen LogP contribution in [0.1, 0.15) is 11.4 Å². The molecule has 0 aliphatic rings. The molecule has 4 nitrogen and oxygen atoms in total. The fourth-order valence-corrected chi connectivity index (χ4v) is 2.56. The molecule has 0 fully saturated rings. The summed E-state index contributed by atoms with van der Waals surface area (Å²) < 4.78 is 7.51. The highest BCUT2D eigenvalue weighted by atomic mass is 16.5. The van der Waals surface area contributed by atoms with Crippen LogP contribution in [-0.4, -0.2) is 27.6 Å². The maximum absolute atomic E-state index is 10.1. The maximum atomic E-state index is 10.1. The predicted molar refractivity (Wildman–Crippen MR) is 87.2 cm³/mol. The van der Waals surface area contributed by atoms with Crippen molar-refractivity contribution in [3.05, 3.63) is 59.9 Å². The van der Waals surface area contributed by atoms with E-state index in [-0.39, 0.29) is 6.61 Å². The van der Waals surface area contributed by atoms with Crippen LogP contribution < -0.4 is 4.74 Å². The molecule has 1 N–H and O–H groups in total. The van der Waals surface area contributed by atoms with Crippen LogP contribution in [0.15, 0.2) is 48.5 Å². The molecule has 2 aromatic carbocycles. The van der Waals surface area contributed by atoms with Crippen LogP contribution >= 0.6 is 0 Å². The highest BCUT2D eigenvalue weighted by Gasteiger charge is 2.09. The molecular weight excluding hydrogens is 276 g/mol. The summed E-state index contributed by atoms with van der Waals surface area (Å²) in [7, 11) is 0. The van der Waals surface area contributed by atoms with Crippen LogP contribution in [0, 0.1) is 13.8 Å². The normalized spacial score (nSPS) is 12.5. The van der Waals surface area contributed by atoms with Gasteiger partial charge in [-0.25, -0.2) is 0 Å². The molecule has 1 heterocycles. The van der Waals surface area contributed by atoms with Gasteiger partial charge in [0, 0.05) is 5.69 Å². The number of benzene rings is 2. The second kappa shape index (κ2) is 6.20. The Kier molecular flexibility index (Phi) is 4.11. The second-order valence-corrected chi connectivity index (χ2v) is 5.58. The monoisotopic (exact) mass is 296 g/mol. The highest BCUT2D eigenvalue weighted by Crippen LogP contribution is 2.20. The minimum atomic E-state index is -0.593. The lowest BCUT2D eigenvalue weighted by molar-refractivity contribution is 0.0888. The van der Waals surface area contributed by atoms with E-state index in [0.717, 1.165) is 22.5 Å². The van der Waals surface area contributed by atoms with Crippen LogP contribution in [0.3, 0.4) is 0 Å². The first-order chi connectivity index (χ1) is 10.6. The number of rotatable bonds is 5. The quantitative estimate of drug-likeness (QED) is 0.787. The van der Waals surface area contributed by atoms with Crippen molar-refractivity contribution in [3.8, 4) is 5.75 Å². The topological polar surface area (TPSA) is 47.3 Å². The van der Waals surface area contributed by atoms with Crippen molar-refractivity contribution < 1.29 is 9.84 Å². The van der Waals surface area contributed by atoms with E-state index in [1.807, 2.05) is 54.9 Å². The van der Waals surface area contributed by atoms with Crippen LogP contribution in [0.5, 0.6) is 5.75 Å². The Labute approximate surface area is 130 Å². The molecule has 0 spiro atoms. The molecule has 0 saturated heterocycles. The lowest BCUT2D eigenvalue weighted by atomic mass is 10.1. The molecule has 0 unspecified atom stereocenters. The summed E-state index contributed by atoms with van der Waals surface area (Å²) in [4.78, 5) is 0. The van der Waals surface area contributed by atoms with Gasteiger partial charge in [-0.1, -0.05) is 30.3 Å². The molecule has 22 heavy (non-hydrogen) atoms. The highest BCUT2D eigenvalue weighted by molar-refractivity contribution is 5.83. The molecular formula is C18H20N2O2. The third-order valence-electron chi connectivity index (χ3n) is 3.65. The first kappa shape index (κ1) is 14.6. The van der Waals surface area contributed by atoms with Gasteiger partial charge in [-0.15, -0.1) is 0 Å². The number of hydrogen-bond donors (Lipinski definition) is 1. The van der Waals surface area contributed by atoms with Crippen molar-refractivity contribution in [1.82, 2.24) is 9.78 Å². The Bertz CT molecular complexity index is 780. The number of fused-ring (bicyclic) bond motifs is 1. The zero-order chi connectivity index (χ0) is 15.5. The summed E-state index contributed by atoms with van der Waals surface area (Å²) >= 11 is 0. The summed E-state index contributed by atoms with van der Waals surface area (Å²) in [5, 5.41) is 16.8. The van der Waals surface area contributed by atoms with Crippen LogP contribution in [0.2, 0.25) is 0 Å². The van der Waals surface area contributed by atoms with E-state index in [2.05, 4.69) is 17.2 Å². The van der Waals surface area contributed by atoms with Crippen molar-refractivity contribution >= 4 is 10.8 Å². The number of aliphatic hydroxyl groups is 1. The van der Waals surface area contributed by atoms with Gasteiger partial charge in [0.05, 0.1) is 12.2 Å². The second-order valence-electron chi connectivity index (χ2n) is 5.58. The van der Waals surface area contributed by atoms with Gasteiger partial charge in [0.1, 0.15) is 18.5 Å². The Hall–Kier alpha value is -2.33. The molecule has 1 atom stereocenters. The molecule has 0 radical (unpaired) electrons. The third-order valence-corrected chi connectivity index (χ3v) is 3.65. The van der Waals surface area contributed by atoms with Gasteiger partial charge >= 0.3 is 0 Å². The number of aryl methyl sites for hydroxylation is 2. The average molecular weight is 296 g/mol. The van der Waals surface area contributed by atoms with Gasteiger partial charge in [0.25, 0.3) is 0 Å². The molecule has 0 amide bonds. The van der Waals surface area contributed by atoms with E-state index >= 15 is 0 Å². The standard InChI is InChI=1S/C18H20N2O2/c1-13-9-14(2)20(19-13)11-17(21)12-22-18-8-7-15-5-3-4-6-16(15)10-18/h3-10,17,21H,11-12H2,1-2H3/t17-/m0/s1. The minimum Gasteiger partial charge on any atom is -0.491 e. The zero-order valence-electron chi connectivity index (χ0n) is 12.9. The van der Waals surface area contributed by atoms with E-state index in [1.165, 1.54) is 5.39 Å². The third kappa shape index (κ3) is 3.28. The van der Waals surface area contributed by atoms with Crippen molar-refractivity contribution in [2.75, 3.05) is 6.61 Å². The fourth-order valence-electron chi connectivity index (χ4n) is 2.56. The van der Waals surface area contributed by atoms with Crippen LogP contribution in [0.25, 0.3) is 10.8 Å². The number of hydrogen-bond acceptors (Lipinski definition) is 3. The molecule has 1 aromatic heterocycles. The molecule has 0 aliphatic heterocycles. The van der Waals surface area contributed by atoms with Crippen molar-refractivity contribution in [1.29, 1.82) is 0 Å². The van der Waals surface area contributed by atoms with Crippen molar-refractivity contribution in [3.63, 3.8) is 0 Å². The summed E-state index contributed by atoms with van der Waals surface area (Å²) in [5.41, 5.74) is 2.00. The van der Waals surface area contributed by atoms with E-state index < -0.39 is 6.10 Å². The van der Waals surface area contributed by atoms with E-state index in [9.17, 15) is 5.11 Å². The maximum Gasteiger partial charge on any atom is 0.120 e. The summed E-state index contributed by atoms with van der Waals surface area (Å²) in [6.45, 7) is 4.61. The van der Waals surface area contributed by atoms with E-state index in [1.54, 1.807) is 0 Å². The van der Waals surface area contributed by atoms with Gasteiger partial charge in [0.2, 0.25) is 0 Å².